The summed E-state index contributed by atoms with van der Waals surface area (Å²) < 4.78 is 0. The lowest BCUT2D eigenvalue weighted by Gasteiger charge is -2.00. The Kier molecular flexibility index (Phi) is 2.87. The monoisotopic (exact) mass is 282 g/mol. The van der Waals surface area contributed by atoms with Crippen LogP contribution in [0.15, 0.2) is 42.5 Å². The third-order valence-electron chi connectivity index (χ3n) is 3.05. The number of aromatic amines is 1. The summed E-state index contributed by atoms with van der Waals surface area (Å²) in [6.07, 6.45) is 0. The van der Waals surface area contributed by atoms with Gasteiger partial charge in [-0.05, 0) is 17.7 Å². The topological polar surface area (TPSA) is 112 Å². The molecular weight excluding hydrogens is 274 g/mol. The number of rotatable bonds is 3. The van der Waals surface area contributed by atoms with E-state index in [9.17, 15) is 20.0 Å². The Hall–Kier alpha value is -3.22. The van der Waals surface area contributed by atoms with Crippen LogP contribution < -0.4 is 5.11 Å². The zero-order valence-electron chi connectivity index (χ0n) is 10.6. The molecule has 1 aromatic heterocycles. The van der Waals surface area contributed by atoms with Crippen LogP contribution >= 0.6 is 0 Å². The normalized spacial score (nSPS) is 10.7. The first-order chi connectivity index (χ1) is 10.0. The molecule has 1 N–H and O–H groups in total. The quantitative estimate of drug-likeness (QED) is 0.578. The predicted octanol–water partition coefficient (Wildman–Crippen LogP) is 1.50. The number of imidazole rings is 1. The summed E-state index contributed by atoms with van der Waals surface area (Å²) in [4.78, 5) is 28.4. The molecule has 7 nitrogen and oxygen atoms in total. The van der Waals surface area contributed by atoms with E-state index in [0.717, 1.165) is 0 Å². The van der Waals surface area contributed by atoms with E-state index in [1.165, 1.54) is 24.3 Å². The van der Waals surface area contributed by atoms with Crippen LogP contribution in [0.4, 0.5) is 5.69 Å². The SMILES string of the molecule is O=C([O-])c1ccc2nc(-c3cccc([N+](=O)[O-])c3)[nH]c2c1. The van der Waals surface area contributed by atoms with Gasteiger partial charge in [-0.15, -0.1) is 0 Å². The minimum Gasteiger partial charge on any atom is -0.545 e. The van der Waals surface area contributed by atoms with Gasteiger partial charge < -0.3 is 14.9 Å². The van der Waals surface area contributed by atoms with Crippen molar-refractivity contribution < 1.29 is 14.8 Å². The van der Waals surface area contributed by atoms with Crippen LogP contribution in [0.5, 0.6) is 0 Å². The summed E-state index contributed by atoms with van der Waals surface area (Å²) in [5, 5.41) is 21.6. The largest absolute Gasteiger partial charge is 0.545 e. The standard InChI is InChI=1S/C14H9N3O4/c18-14(19)9-4-5-11-12(7-9)16-13(15-11)8-2-1-3-10(6-8)17(20)21/h1-7H,(H,15,16)(H,18,19)/p-1. The molecule has 0 aliphatic rings. The van der Waals surface area contributed by atoms with Gasteiger partial charge in [0.25, 0.3) is 5.69 Å². The lowest BCUT2D eigenvalue weighted by Crippen LogP contribution is -2.21. The van der Waals surface area contributed by atoms with Crippen molar-refractivity contribution in [2.24, 2.45) is 0 Å². The van der Waals surface area contributed by atoms with Gasteiger partial charge in [0.2, 0.25) is 0 Å². The highest BCUT2D eigenvalue weighted by molar-refractivity contribution is 5.91. The second-order valence-electron chi connectivity index (χ2n) is 4.41. The molecular formula is C14H8N3O4-. The first-order valence-corrected chi connectivity index (χ1v) is 6.00. The van der Waals surface area contributed by atoms with Crippen molar-refractivity contribution in [1.29, 1.82) is 0 Å². The Morgan fingerprint density at radius 3 is 2.71 bits per heavy atom. The number of carboxylic acid groups (broad SMARTS) is 1. The van der Waals surface area contributed by atoms with Crippen LogP contribution in [0.3, 0.4) is 0 Å². The van der Waals surface area contributed by atoms with Crippen LogP contribution in [0, 0.1) is 10.1 Å². The van der Waals surface area contributed by atoms with Gasteiger partial charge in [0, 0.05) is 17.7 Å². The smallest absolute Gasteiger partial charge is 0.270 e. The molecule has 0 atom stereocenters. The number of H-pyrrole nitrogens is 1. The van der Waals surface area contributed by atoms with E-state index in [4.69, 9.17) is 0 Å². The van der Waals surface area contributed by atoms with Crippen LogP contribution in [0.25, 0.3) is 22.4 Å². The molecule has 2 aromatic carbocycles. The highest BCUT2D eigenvalue weighted by atomic mass is 16.6. The van der Waals surface area contributed by atoms with E-state index in [-0.39, 0.29) is 11.3 Å². The molecule has 0 saturated heterocycles. The first-order valence-electron chi connectivity index (χ1n) is 6.00. The van der Waals surface area contributed by atoms with Crippen molar-refractivity contribution in [1.82, 2.24) is 9.97 Å². The van der Waals surface area contributed by atoms with E-state index in [2.05, 4.69) is 9.97 Å². The van der Waals surface area contributed by atoms with Crippen molar-refractivity contribution in [2.45, 2.75) is 0 Å². The van der Waals surface area contributed by atoms with E-state index in [0.29, 0.717) is 22.4 Å². The van der Waals surface area contributed by atoms with Gasteiger partial charge in [-0.2, -0.15) is 0 Å². The number of aromatic carboxylic acids is 1. The molecule has 0 amide bonds. The predicted molar refractivity (Wildman–Crippen MR) is 72.5 cm³/mol. The van der Waals surface area contributed by atoms with E-state index < -0.39 is 10.9 Å². The Bertz CT molecular complexity index is 870. The number of benzene rings is 2. The van der Waals surface area contributed by atoms with Gasteiger partial charge in [-0.1, -0.05) is 18.2 Å². The number of hydrogen-bond donors (Lipinski definition) is 1. The molecule has 0 radical (unpaired) electrons. The second-order valence-corrected chi connectivity index (χ2v) is 4.41. The van der Waals surface area contributed by atoms with Gasteiger partial charge in [0.15, 0.2) is 0 Å². The number of nitro benzene ring substituents is 1. The number of nitrogens with one attached hydrogen (secondary N) is 1. The van der Waals surface area contributed by atoms with Crippen LogP contribution in [-0.4, -0.2) is 20.9 Å². The second kappa shape index (κ2) is 4.71. The molecule has 3 aromatic rings. The number of carboxylic acids is 1. The molecule has 104 valence electrons. The minimum atomic E-state index is -1.27. The molecule has 0 bridgehead atoms. The Labute approximate surface area is 118 Å². The highest BCUT2D eigenvalue weighted by Crippen LogP contribution is 2.24. The fraction of sp³-hybridized carbons (Fsp3) is 0. The average Bonchev–Trinajstić information content (AvgIpc) is 2.90. The highest BCUT2D eigenvalue weighted by Gasteiger charge is 2.10. The molecule has 3 rings (SSSR count). The van der Waals surface area contributed by atoms with Crippen molar-refractivity contribution in [3.63, 3.8) is 0 Å². The van der Waals surface area contributed by atoms with E-state index in [1.54, 1.807) is 18.2 Å². The average molecular weight is 282 g/mol. The van der Waals surface area contributed by atoms with Gasteiger partial charge in [0.05, 0.1) is 21.9 Å². The summed E-state index contributed by atoms with van der Waals surface area (Å²) in [6.45, 7) is 0. The summed E-state index contributed by atoms with van der Waals surface area (Å²) >= 11 is 0. The number of hydrogen-bond acceptors (Lipinski definition) is 5. The van der Waals surface area contributed by atoms with Crippen LogP contribution in [0.1, 0.15) is 10.4 Å². The first kappa shape index (κ1) is 12.8. The summed E-state index contributed by atoms with van der Waals surface area (Å²) in [5.74, 6) is -0.840. The minimum absolute atomic E-state index is 0.0385. The maximum atomic E-state index is 10.8. The van der Waals surface area contributed by atoms with Crippen molar-refractivity contribution in [3.05, 3.63) is 58.1 Å². The van der Waals surface area contributed by atoms with Crippen molar-refractivity contribution >= 4 is 22.7 Å². The third kappa shape index (κ3) is 2.32. The Balaban J connectivity index is 2.10. The number of nitrogens with zero attached hydrogens (tertiary/aromatic N) is 2. The van der Waals surface area contributed by atoms with Gasteiger partial charge in [0.1, 0.15) is 5.82 Å². The van der Waals surface area contributed by atoms with E-state index >= 15 is 0 Å². The lowest BCUT2D eigenvalue weighted by molar-refractivity contribution is -0.384. The maximum absolute atomic E-state index is 10.8. The molecule has 0 saturated carbocycles. The molecule has 0 aliphatic heterocycles. The number of carbonyl (C=O) groups is 1. The van der Waals surface area contributed by atoms with Gasteiger partial charge in [-0.25, -0.2) is 4.98 Å². The lowest BCUT2D eigenvalue weighted by atomic mass is 10.2. The number of non-ortho nitro benzene ring substituents is 1. The molecule has 7 heteroatoms. The third-order valence-corrected chi connectivity index (χ3v) is 3.05. The number of nitro groups is 1. The molecule has 0 spiro atoms. The molecule has 1 heterocycles. The fourth-order valence-corrected chi connectivity index (χ4v) is 2.04. The fourth-order valence-electron chi connectivity index (χ4n) is 2.04. The summed E-state index contributed by atoms with van der Waals surface area (Å²) in [7, 11) is 0. The summed E-state index contributed by atoms with van der Waals surface area (Å²) in [5.41, 5.74) is 1.65. The molecule has 0 aliphatic carbocycles. The zero-order valence-corrected chi connectivity index (χ0v) is 10.6. The Morgan fingerprint density at radius 2 is 2.00 bits per heavy atom. The van der Waals surface area contributed by atoms with Gasteiger partial charge >= 0.3 is 0 Å². The number of carbonyl (C=O) groups excluding carboxylic acids is 1. The maximum Gasteiger partial charge on any atom is 0.270 e. The van der Waals surface area contributed by atoms with Crippen molar-refractivity contribution in [3.8, 4) is 11.4 Å². The Morgan fingerprint density at radius 1 is 1.19 bits per heavy atom. The van der Waals surface area contributed by atoms with Crippen LogP contribution in [-0.2, 0) is 0 Å². The van der Waals surface area contributed by atoms with Crippen LogP contribution in [0.2, 0.25) is 0 Å². The van der Waals surface area contributed by atoms with Gasteiger partial charge in [-0.3, -0.25) is 10.1 Å². The zero-order chi connectivity index (χ0) is 15.0. The van der Waals surface area contributed by atoms with E-state index in [1.807, 2.05) is 0 Å². The number of aromatic nitrogens is 2. The number of fused-ring (bicyclic) bond motifs is 1. The molecule has 21 heavy (non-hydrogen) atoms. The van der Waals surface area contributed by atoms with Crippen molar-refractivity contribution in [2.75, 3.05) is 0 Å². The summed E-state index contributed by atoms with van der Waals surface area (Å²) in [6, 6.07) is 10.4. The molecule has 0 fully saturated rings. The molecule has 0 unspecified atom stereocenters.